The normalized spacial score (nSPS) is 10.1. The maximum atomic E-state index is 11.3. The molecule has 1 heterocycles. The van der Waals surface area contributed by atoms with E-state index in [4.69, 9.17) is 0 Å². The molecule has 0 saturated heterocycles. The quantitative estimate of drug-likeness (QED) is 0.348. The van der Waals surface area contributed by atoms with Gasteiger partial charge in [-0.25, -0.2) is 4.98 Å². The second-order valence-electron chi connectivity index (χ2n) is 2.86. The van der Waals surface area contributed by atoms with Gasteiger partial charge in [-0.15, -0.1) is 0 Å². The molecule has 0 saturated carbocycles. The summed E-state index contributed by atoms with van der Waals surface area (Å²) in [4.78, 5) is 15.4. The van der Waals surface area contributed by atoms with Crippen molar-refractivity contribution in [2.75, 3.05) is 16.7 Å². The average molecular weight is 368 g/mol. The van der Waals surface area contributed by atoms with Crippen molar-refractivity contribution < 1.29 is 4.79 Å². The van der Waals surface area contributed by atoms with Gasteiger partial charge < -0.3 is 5.32 Å². The molecule has 16 heavy (non-hydrogen) atoms. The van der Waals surface area contributed by atoms with Crippen molar-refractivity contribution in [3.8, 4) is 0 Å². The van der Waals surface area contributed by atoms with E-state index in [1.165, 1.54) is 0 Å². The number of alkyl halides is 1. The van der Waals surface area contributed by atoms with Crippen molar-refractivity contribution in [3.63, 3.8) is 0 Å². The molecule has 0 aromatic carbocycles. The Morgan fingerprint density at radius 1 is 1.50 bits per heavy atom. The van der Waals surface area contributed by atoms with Crippen LogP contribution in [-0.2, 0) is 4.79 Å². The maximum absolute atomic E-state index is 11.3. The Labute approximate surface area is 117 Å². The third-order valence-electron chi connectivity index (χ3n) is 1.61. The van der Waals surface area contributed by atoms with E-state index in [0.717, 1.165) is 21.8 Å². The zero-order chi connectivity index (χ0) is 11.6. The molecule has 3 nitrogen and oxygen atoms in total. The summed E-state index contributed by atoms with van der Waals surface area (Å²) in [6, 6.07) is 5.82. The van der Waals surface area contributed by atoms with Gasteiger partial charge in [-0.1, -0.05) is 39.5 Å². The summed E-state index contributed by atoms with van der Waals surface area (Å²) in [7, 11) is 3.27. The molecule has 0 spiro atoms. The topological polar surface area (TPSA) is 42.0 Å². The van der Waals surface area contributed by atoms with Gasteiger partial charge in [0.25, 0.3) is 0 Å². The van der Waals surface area contributed by atoms with E-state index >= 15 is 0 Å². The molecular weight excluding hydrogens is 355 g/mol. The van der Waals surface area contributed by atoms with E-state index in [9.17, 15) is 4.79 Å². The molecule has 1 aromatic rings. The van der Waals surface area contributed by atoms with Crippen LogP contribution in [0.5, 0.6) is 0 Å². The minimum atomic E-state index is 0.130. The van der Waals surface area contributed by atoms with Crippen LogP contribution >= 0.6 is 44.2 Å². The summed E-state index contributed by atoms with van der Waals surface area (Å²) in [6.45, 7) is 0.761. The van der Waals surface area contributed by atoms with Crippen molar-refractivity contribution in [2.45, 2.75) is 11.4 Å². The highest BCUT2D eigenvalue weighted by Crippen LogP contribution is 2.29. The number of rotatable bonds is 7. The third-order valence-corrected chi connectivity index (χ3v) is 4.42. The molecular formula is C10H13IN2OS2. The third kappa shape index (κ3) is 6.59. The second kappa shape index (κ2) is 9.12. The Morgan fingerprint density at radius 2 is 2.38 bits per heavy atom. The SMILES string of the molecule is O=C(CCSSc1ccccn1)NCCI. The number of carbonyl (C=O) groups is 1. The summed E-state index contributed by atoms with van der Waals surface area (Å²) < 4.78 is 0.958. The highest BCUT2D eigenvalue weighted by atomic mass is 127. The lowest BCUT2D eigenvalue weighted by Crippen LogP contribution is -2.25. The molecule has 0 aliphatic carbocycles. The second-order valence-corrected chi connectivity index (χ2v) is 6.38. The van der Waals surface area contributed by atoms with Gasteiger partial charge in [0.05, 0.1) is 0 Å². The van der Waals surface area contributed by atoms with Gasteiger partial charge in [0.2, 0.25) is 5.91 Å². The molecule has 1 rings (SSSR count). The molecule has 0 radical (unpaired) electrons. The molecule has 0 aliphatic heterocycles. The van der Waals surface area contributed by atoms with Gasteiger partial charge in [-0.2, -0.15) is 0 Å². The Hall–Kier alpha value is 0.0500. The standard InChI is InChI=1S/C10H13IN2OS2/c11-5-7-12-9(14)4-8-15-16-10-3-1-2-6-13-10/h1-3,6H,4-5,7-8H2,(H,12,14). The molecule has 6 heteroatoms. The number of aromatic nitrogens is 1. The molecule has 1 amide bonds. The maximum Gasteiger partial charge on any atom is 0.220 e. The first-order valence-electron chi connectivity index (χ1n) is 4.86. The first-order valence-corrected chi connectivity index (χ1v) is 8.70. The smallest absolute Gasteiger partial charge is 0.220 e. The number of amides is 1. The fraction of sp³-hybridized carbons (Fsp3) is 0.400. The van der Waals surface area contributed by atoms with Crippen molar-refractivity contribution >= 4 is 50.1 Å². The van der Waals surface area contributed by atoms with E-state index in [1.54, 1.807) is 27.8 Å². The van der Waals surface area contributed by atoms with Crippen molar-refractivity contribution in [1.29, 1.82) is 0 Å². The summed E-state index contributed by atoms with van der Waals surface area (Å²) in [5.41, 5.74) is 0. The minimum absolute atomic E-state index is 0.130. The number of nitrogens with zero attached hydrogens (tertiary/aromatic N) is 1. The van der Waals surface area contributed by atoms with Crippen LogP contribution in [-0.4, -0.2) is 27.6 Å². The van der Waals surface area contributed by atoms with Crippen LogP contribution in [0.1, 0.15) is 6.42 Å². The molecule has 1 N–H and O–H groups in total. The van der Waals surface area contributed by atoms with E-state index in [1.807, 2.05) is 18.2 Å². The first-order chi connectivity index (χ1) is 7.83. The van der Waals surface area contributed by atoms with Crippen LogP contribution in [0, 0.1) is 0 Å². The van der Waals surface area contributed by atoms with Gasteiger partial charge in [0.1, 0.15) is 5.03 Å². The Kier molecular flexibility index (Phi) is 8.04. The summed E-state index contributed by atoms with van der Waals surface area (Å²) in [5.74, 6) is 0.944. The van der Waals surface area contributed by atoms with Crippen molar-refractivity contribution in [1.82, 2.24) is 10.3 Å². The average Bonchev–Trinajstić information content (AvgIpc) is 2.33. The molecule has 1 aromatic heterocycles. The highest BCUT2D eigenvalue weighted by Gasteiger charge is 2.01. The molecule has 0 unspecified atom stereocenters. The molecule has 0 aliphatic rings. The van der Waals surface area contributed by atoms with Crippen LogP contribution in [0.15, 0.2) is 29.4 Å². The van der Waals surface area contributed by atoms with Crippen LogP contribution < -0.4 is 5.32 Å². The Bertz CT molecular complexity index is 311. The van der Waals surface area contributed by atoms with Gasteiger partial charge in [0.15, 0.2) is 0 Å². The van der Waals surface area contributed by atoms with E-state index in [-0.39, 0.29) is 5.91 Å². The summed E-state index contributed by atoms with van der Waals surface area (Å²) in [6.07, 6.45) is 2.34. The Morgan fingerprint density at radius 3 is 3.06 bits per heavy atom. The van der Waals surface area contributed by atoms with Crippen LogP contribution in [0.25, 0.3) is 0 Å². The number of halogens is 1. The highest BCUT2D eigenvalue weighted by molar-refractivity contribution is 14.1. The van der Waals surface area contributed by atoms with Crippen LogP contribution in [0.2, 0.25) is 0 Å². The monoisotopic (exact) mass is 368 g/mol. The van der Waals surface area contributed by atoms with Crippen LogP contribution in [0.4, 0.5) is 0 Å². The first kappa shape index (κ1) is 14.1. The molecule has 88 valence electrons. The lowest BCUT2D eigenvalue weighted by atomic mass is 10.4. The molecule has 0 fully saturated rings. The van der Waals surface area contributed by atoms with Gasteiger partial charge >= 0.3 is 0 Å². The van der Waals surface area contributed by atoms with Crippen molar-refractivity contribution in [2.24, 2.45) is 0 Å². The summed E-state index contributed by atoms with van der Waals surface area (Å²) >= 11 is 2.24. The zero-order valence-corrected chi connectivity index (χ0v) is 12.5. The number of nitrogens with one attached hydrogen (secondary N) is 1. The number of hydrogen-bond donors (Lipinski definition) is 1. The fourth-order valence-electron chi connectivity index (χ4n) is 0.908. The van der Waals surface area contributed by atoms with Gasteiger partial charge in [-0.3, -0.25) is 4.79 Å². The van der Waals surface area contributed by atoms with E-state index < -0.39 is 0 Å². The van der Waals surface area contributed by atoms with Gasteiger partial charge in [0, 0.05) is 29.3 Å². The van der Waals surface area contributed by atoms with Crippen molar-refractivity contribution in [3.05, 3.63) is 24.4 Å². The largest absolute Gasteiger partial charge is 0.355 e. The van der Waals surface area contributed by atoms with Gasteiger partial charge in [-0.05, 0) is 22.9 Å². The predicted molar refractivity (Wildman–Crippen MR) is 79.1 cm³/mol. The number of pyridine rings is 1. The molecule has 0 bridgehead atoms. The predicted octanol–water partition coefficient (Wildman–Crippen LogP) is 2.76. The van der Waals surface area contributed by atoms with E-state index in [2.05, 4.69) is 32.9 Å². The van der Waals surface area contributed by atoms with E-state index in [0.29, 0.717) is 6.42 Å². The number of carbonyl (C=O) groups excluding carboxylic acids is 1. The Balaban J connectivity index is 2.06. The van der Waals surface area contributed by atoms with Crippen LogP contribution in [0.3, 0.4) is 0 Å². The lowest BCUT2D eigenvalue weighted by Gasteiger charge is -2.02. The molecule has 0 atom stereocenters. The minimum Gasteiger partial charge on any atom is -0.355 e. The lowest BCUT2D eigenvalue weighted by molar-refractivity contribution is -0.120. The zero-order valence-electron chi connectivity index (χ0n) is 8.69. The fourth-order valence-corrected chi connectivity index (χ4v) is 3.05. The summed E-state index contributed by atoms with van der Waals surface area (Å²) in [5, 5.41) is 3.83. The number of hydrogen-bond acceptors (Lipinski definition) is 4.